The number of nitrogens with zero attached hydrogens (tertiary/aromatic N) is 2. The Hall–Kier alpha value is -4.31. The Balaban J connectivity index is 1.92. The standard InChI is InChI=1S/C29H30N2O7S/c1-7-15-38-20-12-9-18(10-13-20)24-23(28(33)37-8-2)17(3)30-29-31(24)27(32)22(39-29)16-19-11-14-21(34-4)26(36-6)25(19)35-5/h7,9-14,16,24H,1,8,15H2,2-6H3/b22-16-. The van der Waals surface area contributed by atoms with Gasteiger partial charge < -0.3 is 23.7 Å². The van der Waals surface area contributed by atoms with Crippen molar-refractivity contribution >= 4 is 23.4 Å². The van der Waals surface area contributed by atoms with Gasteiger partial charge in [-0.3, -0.25) is 9.36 Å². The van der Waals surface area contributed by atoms with Gasteiger partial charge in [0.1, 0.15) is 12.4 Å². The summed E-state index contributed by atoms with van der Waals surface area (Å²) >= 11 is 1.22. The van der Waals surface area contributed by atoms with Crippen molar-refractivity contribution in [3.05, 3.63) is 91.1 Å². The third kappa shape index (κ3) is 5.33. The quantitative estimate of drug-likeness (QED) is 0.282. The van der Waals surface area contributed by atoms with Crippen LogP contribution in [0.5, 0.6) is 23.0 Å². The van der Waals surface area contributed by atoms with Crippen molar-refractivity contribution in [3.8, 4) is 23.0 Å². The van der Waals surface area contributed by atoms with E-state index in [1.165, 1.54) is 37.2 Å². The topological polar surface area (TPSA) is 97.6 Å². The molecule has 0 radical (unpaired) electrons. The molecule has 2 heterocycles. The number of esters is 1. The molecular formula is C29H30N2O7S. The van der Waals surface area contributed by atoms with E-state index in [0.29, 0.717) is 55.8 Å². The molecule has 0 amide bonds. The molecule has 0 bridgehead atoms. The van der Waals surface area contributed by atoms with Crippen molar-refractivity contribution in [1.82, 2.24) is 4.57 Å². The van der Waals surface area contributed by atoms with Gasteiger partial charge in [-0.2, -0.15) is 0 Å². The number of methoxy groups -OCH3 is 3. The van der Waals surface area contributed by atoms with Crippen molar-refractivity contribution in [3.63, 3.8) is 0 Å². The Morgan fingerprint density at radius 3 is 2.41 bits per heavy atom. The predicted octanol–water partition coefficient (Wildman–Crippen LogP) is 3.39. The number of aromatic nitrogens is 1. The summed E-state index contributed by atoms with van der Waals surface area (Å²) in [4.78, 5) is 32.1. The van der Waals surface area contributed by atoms with Crippen LogP contribution in [-0.2, 0) is 9.53 Å². The molecule has 9 nitrogen and oxygen atoms in total. The molecular weight excluding hydrogens is 520 g/mol. The fourth-order valence-corrected chi connectivity index (χ4v) is 5.43. The number of benzene rings is 2. The third-order valence-corrected chi connectivity index (χ3v) is 7.08. The summed E-state index contributed by atoms with van der Waals surface area (Å²) in [7, 11) is 4.58. The number of fused-ring (bicyclic) bond motifs is 1. The zero-order chi connectivity index (χ0) is 28.1. The average Bonchev–Trinajstić information content (AvgIpc) is 3.25. The van der Waals surface area contributed by atoms with Gasteiger partial charge in [-0.25, -0.2) is 9.79 Å². The summed E-state index contributed by atoms with van der Waals surface area (Å²) < 4.78 is 29.4. The van der Waals surface area contributed by atoms with Gasteiger partial charge in [-0.05, 0) is 49.8 Å². The first-order valence-corrected chi connectivity index (χ1v) is 13.0. The maximum absolute atomic E-state index is 13.9. The SMILES string of the molecule is C=CCOc1ccc(C2C(C(=O)OCC)=C(C)N=c3s/c(=C\c4ccc(OC)c(OC)c4OC)c(=O)n32)cc1. The van der Waals surface area contributed by atoms with E-state index in [1.54, 1.807) is 50.3 Å². The lowest BCUT2D eigenvalue weighted by molar-refractivity contribution is -0.139. The summed E-state index contributed by atoms with van der Waals surface area (Å²) in [5, 5.41) is 0. The molecule has 2 aromatic carbocycles. The summed E-state index contributed by atoms with van der Waals surface area (Å²) in [5.74, 6) is 1.47. The highest BCUT2D eigenvalue weighted by molar-refractivity contribution is 7.07. The molecule has 4 rings (SSSR count). The maximum Gasteiger partial charge on any atom is 0.338 e. The van der Waals surface area contributed by atoms with Crippen molar-refractivity contribution in [2.75, 3.05) is 34.5 Å². The van der Waals surface area contributed by atoms with E-state index in [9.17, 15) is 9.59 Å². The van der Waals surface area contributed by atoms with Crippen LogP contribution in [-0.4, -0.2) is 45.1 Å². The molecule has 1 aromatic heterocycles. The third-order valence-electron chi connectivity index (χ3n) is 6.10. The van der Waals surface area contributed by atoms with Crippen LogP contribution in [0.2, 0.25) is 0 Å². The maximum atomic E-state index is 13.9. The Bertz CT molecular complexity index is 1600. The minimum absolute atomic E-state index is 0.195. The fraction of sp³-hybridized carbons (Fsp3) is 0.276. The van der Waals surface area contributed by atoms with E-state index >= 15 is 0 Å². The minimum Gasteiger partial charge on any atom is -0.493 e. The molecule has 10 heteroatoms. The highest BCUT2D eigenvalue weighted by Crippen LogP contribution is 2.40. The van der Waals surface area contributed by atoms with Crippen LogP contribution in [0.3, 0.4) is 0 Å². The van der Waals surface area contributed by atoms with Gasteiger partial charge in [0, 0.05) is 5.56 Å². The Labute approximate surface area is 229 Å². The molecule has 0 aliphatic carbocycles. The molecule has 0 fully saturated rings. The lowest BCUT2D eigenvalue weighted by Crippen LogP contribution is -2.39. The second-order valence-corrected chi connectivity index (χ2v) is 9.40. The number of allylic oxidation sites excluding steroid dienone is 1. The molecule has 3 aromatic rings. The number of rotatable bonds is 10. The van der Waals surface area contributed by atoms with E-state index in [-0.39, 0.29) is 12.2 Å². The van der Waals surface area contributed by atoms with Gasteiger partial charge in [-0.1, -0.05) is 36.1 Å². The number of hydrogen-bond acceptors (Lipinski definition) is 9. The summed E-state index contributed by atoms with van der Waals surface area (Å²) in [6.07, 6.45) is 3.38. The zero-order valence-corrected chi connectivity index (χ0v) is 23.3. The van der Waals surface area contributed by atoms with Crippen LogP contribution >= 0.6 is 11.3 Å². The van der Waals surface area contributed by atoms with Gasteiger partial charge >= 0.3 is 5.97 Å². The molecule has 0 saturated heterocycles. The average molecular weight is 551 g/mol. The molecule has 39 heavy (non-hydrogen) atoms. The van der Waals surface area contributed by atoms with Crippen LogP contribution in [0.1, 0.15) is 31.0 Å². The zero-order valence-electron chi connectivity index (χ0n) is 22.5. The van der Waals surface area contributed by atoms with E-state index in [2.05, 4.69) is 11.6 Å². The van der Waals surface area contributed by atoms with E-state index in [1.807, 2.05) is 12.1 Å². The highest BCUT2D eigenvalue weighted by atomic mass is 32.1. The van der Waals surface area contributed by atoms with Gasteiger partial charge in [0.2, 0.25) is 5.75 Å². The number of carbonyl (C=O) groups excluding carboxylic acids is 1. The fourth-order valence-electron chi connectivity index (χ4n) is 4.39. The Kier molecular flexibility index (Phi) is 8.55. The van der Waals surface area contributed by atoms with Crippen molar-refractivity contribution in [2.24, 2.45) is 4.99 Å². The molecule has 0 N–H and O–H groups in total. The van der Waals surface area contributed by atoms with Gasteiger partial charge in [-0.15, -0.1) is 0 Å². The van der Waals surface area contributed by atoms with Crippen LogP contribution in [0.15, 0.2) is 70.1 Å². The van der Waals surface area contributed by atoms with Crippen molar-refractivity contribution in [1.29, 1.82) is 0 Å². The summed E-state index contributed by atoms with van der Waals surface area (Å²) in [5.41, 5.74) is 1.83. The Morgan fingerprint density at radius 2 is 1.79 bits per heavy atom. The molecule has 1 aliphatic rings. The minimum atomic E-state index is -0.733. The number of carbonyl (C=O) groups is 1. The molecule has 1 atom stereocenters. The molecule has 204 valence electrons. The van der Waals surface area contributed by atoms with Gasteiger partial charge in [0.05, 0.1) is 49.8 Å². The summed E-state index contributed by atoms with van der Waals surface area (Å²) in [6, 6.07) is 10.0. The van der Waals surface area contributed by atoms with Gasteiger partial charge in [0.15, 0.2) is 16.3 Å². The second-order valence-electron chi connectivity index (χ2n) is 8.39. The summed E-state index contributed by atoms with van der Waals surface area (Å²) in [6.45, 7) is 7.70. The number of ether oxygens (including phenoxy) is 5. The first-order valence-electron chi connectivity index (χ1n) is 12.2. The predicted molar refractivity (Wildman–Crippen MR) is 149 cm³/mol. The lowest BCUT2D eigenvalue weighted by atomic mass is 9.96. The van der Waals surface area contributed by atoms with Crippen LogP contribution in [0, 0.1) is 0 Å². The Morgan fingerprint density at radius 1 is 1.08 bits per heavy atom. The second kappa shape index (κ2) is 12.0. The van der Waals surface area contributed by atoms with Gasteiger partial charge in [0.25, 0.3) is 5.56 Å². The smallest absolute Gasteiger partial charge is 0.338 e. The highest BCUT2D eigenvalue weighted by Gasteiger charge is 2.33. The molecule has 0 spiro atoms. The van der Waals surface area contributed by atoms with E-state index < -0.39 is 12.0 Å². The normalized spacial score (nSPS) is 14.8. The molecule has 0 saturated carbocycles. The van der Waals surface area contributed by atoms with E-state index in [0.717, 1.165) is 5.56 Å². The lowest BCUT2D eigenvalue weighted by Gasteiger charge is -2.24. The number of thiazole rings is 1. The van der Waals surface area contributed by atoms with Crippen molar-refractivity contribution < 1.29 is 28.5 Å². The molecule has 1 unspecified atom stereocenters. The van der Waals surface area contributed by atoms with Crippen LogP contribution < -0.4 is 33.8 Å². The van der Waals surface area contributed by atoms with Crippen LogP contribution in [0.25, 0.3) is 6.08 Å². The first-order chi connectivity index (χ1) is 18.9. The first kappa shape index (κ1) is 27.7. The number of hydrogen-bond donors (Lipinski definition) is 0. The monoisotopic (exact) mass is 550 g/mol. The molecule has 1 aliphatic heterocycles. The van der Waals surface area contributed by atoms with E-state index in [4.69, 9.17) is 23.7 Å². The largest absolute Gasteiger partial charge is 0.493 e. The van der Waals surface area contributed by atoms with Crippen molar-refractivity contribution in [2.45, 2.75) is 19.9 Å². The van der Waals surface area contributed by atoms with Crippen LogP contribution in [0.4, 0.5) is 0 Å².